The average Bonchev–Trinajstić information content (AvgIpc) is 2.77. The number of hydrogen-bond acceptors (Lipinski definition) is 3. The van der Waals surface area contributed by atoms with Gasteiger partial charge in [-0.2, -0.15) is 5.10 Å². The van der Waals surface area contributed by atoms with Crippen molar-refractivity contribution in [3.8, 4) is 0 Å². The van der Waals surface area contributed by atoms with Gasteiger partial charge in [-0.15, -0.1) is 0 Å². The third-order valence-electron chi connectivity index (χ3n) is 3.26. The van der Waals surface area contributed by atoms with Gasteiger partial charge in [0.05, 0.1) is 10.7 Å². The second kappa shape index (κ2) is 5.67. The zero-order valence-electron chi connectivity index (χ0n) is 10.9. The average molecular weight is 322 g/mol. The minimum Gasteiger partial charge on any atom is -0.323 e. The lowest BCUT2D eigenvalue weighted by Crippen LogP contribution is -2.27. The Bertz CT molecular complexity index is 560. The zero-order valence-corrected chi connectivity index (χ0v) is 12.5. The number of halogens is 1. The summed E-state index contributed by atoms with van der Waals surface area (Å²) in [5, 5.41) is 4.06. The van der Waals surface area contributed by atoms with Crippen LogP contribution in [-0.4, -0.2) is 15.6 Å². The maximum atomic E-state index is 12.5. The third-order valence-corrected chi connectivity index (χ3v) is 3.84. The van der Waals surface area contributed by atoms with E-state index in [1.807, 2.05) is 37.3 Å². The molecule has 1 heterocycles. The number of nitrogens with two attached hydrogens (primary N) is 1. The van der Waals surface area contributed by atoms with E-state index in [1.165, 1.54) is 0 Å². The minimum absolute atomic E-state index is 0.0109. The van der Waals surface area contributed by atoms with Gasteiger partial charge in [-0.05, 0) is 21.5 Å². The molecule has 2 rings (SSSR count). The monoisotopic (exact) mass is 321 g/mol. The summed E-state index contributed by atoms with van der Waals surface area (Å²) in [5.74, 6) is -0.322. The zero-order chi connectivity index (χ0) is 14.0. The lowest BCUT2D eigenvalue weighted by atomic mass is 9.90. The van der Waals surface area contributed by atoms with Gasteiger partial charge in [-0.3, -0.25) is 9.48 Å². The van der Waals surface area contributed by atoms with Gasteiger partial charge in [-0.1, -0.05) is 37.3 Å². The van der Waals surface area contributed by atoms with Gasteiger partial charge in [0.2, 0.25) is 0 Å². The van der Waals surface area contributed by atoms with Gasteiger partial charge in [-0.25, -0.2) is 0 Å². The van der Waals surface area contributed by atoms with Crippen molar-refractivity contribution in [1.29, 1.82) is 0 Å². The van der Waals surface area contributed by atoms with E-state index in [9.17, 15) is 4.79 Å². The number of Topliss-reactive ketones (excluding diaryl/α,β-unsaturated/α-hetero) is 1. The fourth-order valence-electron chi connectivity index (χ4n) is 2.03. The summed E-state index contributed by atoms with van der Waals surface area (Å²) >= 11 is 3.35. The smallest absolute Gasteiger partial charge is 0.186 e. The van der Waals surface area contributed by atoms with Crippen molar-refractivity contribution in [2.75, 3.05) is 0 Å². The first-order chi connectivity index (χ1) is 9.02. The lowest BCUT2D eigenvalue weighted by molar-refractivity contribution is 0.0902. The number of rotatable bonds is 4. The first-order valence-corrected chi connectivity index (χ1v) is 6.84. The summed E-state index contributed by atoms with van der Waals surface area (Å²) in [6.07, 6.45) is 1.62. The molecular weight excluding hydrogens is 306 g/mol. The Morgan fingerprint density at radius 2 is 2.00 bits per heavy atom. The molecule has 0 fully saturated rings. The van der Waals surface area contributed by atoms with Gasteiger partial charge < -0.3 is 5.73 Å². The standard InChI is InChI=1S/C14H16BrN3O/c1-9(12(16)10-6-4-3-5-7-10)14(19)13-11(15)8-17-18(13)2/h3-9,12H,16H2,1-2H3. The largest absolute Gasteiger partial charge is 0.323 e. The highest BCUT2D eigenvalue weighted by molar-refractivity contribution is 9.10. The number of benzene rings is 1. The van der Waals surface area contributed by atoms with Crippen LogP contribution in [0.3, 0.4) is 0 Å². The Kier molecular flexibility index (Phi) is 4.17. The van der Waals surface area contributed by atoms with E-state index in [-0.39, 0.29) is 17.7 Å². The summed E-state index contributed by atoms with van der Waals surface area (Å²) in [7, 11) is 1.75. The molecule has 0 amide bonds. The van der Waals surface area contributed by atoms with Crippen molar-refractivity contribution >= 4 is 21.7 Å². The maximum Gasteiger partial charge on any atom is 0.186 e. The molecule has 0 aliphatic heterocycles. The molecule has 100 valence electrons. The fourth-order valence-corrected chi connectivity index (χ4v) is 2.57. The summed E-state index contributed by atoms with van der Waals surface area (Å²) in [6.45, 7) is 1.85. The first-order valence-electron chi connectivity index (χ1n) is 6.04. The van der Waals surface area contributed by atoms with Gasteiger partial charge in [0, 0.05) is 19.0 Å². The van der Waals surface area contributed by atoms with E-state index >= 15 is 0 Å². The van der Waals surface area contributed by atoms with Crippen LogP contribution in [0.4, 0.5) is 0 Å². The number of aromatic nitrogens is 2. The van der Waals surface area contributed by atoms with Crippen molar-refractivity contribution < 1.29 is 4.79 Å². The summed E-state index contributed by atoms with van der Waals surface area (Å²) < 4.78 is 2.27. The van der Waals surface area contributed by atoms with Crippen LogP contribution in [0.1, 0.15) is 29.0 Å². The molecule has 4 nitrogen and oxygen atoms in total. The van der Waals surface area contributed by atoms with Crippen LogP contribution < -0.4 is 5.73 Å². The molecular formula is C14H16BrN3O. The van der Waals surface area contributed by atoms with Crippen molar-refractivity contribution in [2.45, 2.75) is 13.0 Å². The number of carbonyl (C=O) groups excluding carboxylic acids is 1. The topological polar surface area (TPSA) is 60.9 Å². The Balaban J connectivity index is 2.25. The van der Waals surface area contributed by atoms with Gasteiger partial charge in [0.1, 0.15) is 5.69 Å². The van der Waals surface area contributed by atoms with Crippen molar-refractivity contribution in [2.24, 2.45) is 18.7 Å². The van der Waals surface area contributed by atoms with Crippen LogP contribution in [0.15, 0.2) is 41.0 Å². The molecule has 0 aliphatic carbocycles. The van der Waals surface area contributed by atoms with Crippen molar-refractivity contribution in [3.05, 3.63) is 52.3 Å². The van der Waals surface area contributed by atoms with Gasteiger partial charge >= 0.3 is 0 Å². The molecule has 0 saturated carbocycles. The number of aryl methyl sites for hydroxylation is 1. The molecule has 19 heavy (non-hydrogen) atoms. The van der Waals surface area contributed by atoms with E-state index in [0.717, 1.165) is 5.56 Å². The van der Waals surface area contributed by atoms with Gasteiger partial charge in [0.15, 0.2) is 5.78 Å². The predicted molar refractivity (Wildman–Crippen MR) is 77.8 cm³/mol. The highest BCUT2D eigenvalue weighted by atomic mass is 79.9. The second-order valence-electron chi connectivity index (χ2n) is 4.55. The predicted octanol–water partition coefficient (Wildman–Crippen LogP) is 2.70. The molecule has 1 aromatic heterocycles. The Morgan fingerprint density at radius 1 is 1.37 bits per heavy atom. The molecule has 0 spiro atoms. The quantitative estimate of drug-likeness (QED) is 0.881. The molecule has 2 atom stereocenters. The number of hydrogen-bond donors (Lipinski definition) is 1. The number of nitrogens with zero attached hydrogens (tertiary/aromatic N) is 2. The summed E-state index contributed by atoms with van der Waals surface area (Å²) in [4.78, 5) is 12.5. The molecule has 0 radical (unpaired) electrons. The summed E-state index contributed by atoms with van der Waals surface area (Å²) in [5.41, 5.74) is 7.69. The Labute approximate surface area is 120 Å². The van der Waals surface area contributed by atoms with E-state index in [0.29, 0.717) is 10.2 Å². The number of carbonyl (C=O) groups is 1. The SMILES string of the molecule is CC(C(=O)c1c(Br)cnn1C)C(N)c1ccccc1. The van der Waals surface area contributed by atoms with E-state index in [1.54, 1.807) is 17.9 Å². The van der Waals surface area contributed by atoms with E-state index in [2.05, 4.69) is 21.0 Å². The maximum absolute atomic E-state index is 12.5. The van der Waals surface area contributed by atoms with Crippen LogP contribution in [-0.2, 0) is 7.05 Å². The molecule has 2 N–H and O–H groups in total. The summed E-state index contributed by atoms with van der Waals surface area (Å²) in [6, 6.07) is 9.33. The second-order valence-corrected chi connectivity index (χ2v) is 5.41. The highest BCUT2D eigenvalue weighted by Gasteiger charge is 2.27. The molecule has 1 aromatic carbocycles. The van der Waals surface area contributed by atoms with Crippen molar-refractivity contribution in [1.82, 2.24) is 9.78 Å². The van der Waals surface area contributed by atoms with Crippen molar-refractivity contribution in [3.63, 3.8) is 0 Å². The molecule has 5 heteroatoms. The fraction of sp³-hybridized carbons (Fsp3) is 0.286. The van der Waals surface area contributed by atoms with Crippen LogP contribution in [0.5, 0.6) is 0 Å². The van der Waals surface area contributed by atoms with Gasteiger partial charge in [0.25, 0.3) is 0 Å². The molecule has 2 aromatic rings. The van der Waals surface area contributed by atoms with Crippen LogP contribution in [0.25, 0.3) is 0 Å². The van der Waals surface area contributed by atoms with E-state index in [4.69, 9.17) is 5.73 Å². The lowest BCUT2D eigenvalue weighted by Gasteiger charge is -2.19. The Morgan fingerprint density at radius 3 is 2.53 bits per heavy atom. The van der Waals surface area contributed by atoms with Crippen LogP contribution >= 0.6 is 15.9 Å². The minimum atomic E-state index is -0.324. The molecule has 0 bridgehead atoms. The normalized spacial score (nSPS) is 14.1. The highest BCUT2D eigenvalue weighted by Crippen LogP contribution is 2.25. The van der Waals surface area contributed by atoms with E-state index < -0.39 is 0 Å². The molecule has 0 saturated heterocycles. The molecule has 2 unspecified atom stereocenters. The number of ketones is 1. The third kappa shape index (κ3) is 2.77. The first kappa shape index (κ1) is 14.0. The molecule has 0 aliphatic rings. The Hall–Kier alpha value is -1.46. The van der Waals surface area contributed by atoms with Crippen LogP contribution in [0, 0.1) is 5.92 Å². The van der Waals surface area contributed by atoms with Crippen LogP contribution in [0.2, 0.25) is 0 Å².